The van der Waals surface area contributed by atoms with Crippen molar-refractivity contribution >= 4 is 18.4 Å². The van der Waals surface area contributed by atoms with Crippen LogP contribution in [0.25, 0.3) is 11.6 Å². The lowest BCUT2D eigenvalue weighted by atomic mass is 10.2. The van der Waals surface area contributed by atoms with Crippen molar-refractivity contribution in [1.29, 1.82) is 0 Å². The van der Waals surface area contributed by atoms with Crippen LogP contribution in [0.5, 0.6) is 11.5 Å². The Bertz CT molecular complexity index is 849. The van der Waals surface area contributed by atoms with Crippen molar-refractivity contribution in [3.63, 3.8) is 0 Å². The molecule has 3 rings (SSSR count). The summed E-state index contributed by atoms with van der Waals surface area (Å²) in [5.74, 6) is 0.543. The molecule has 8 heteroatoms. The van der Waals surface area contributed by atoms with Crippen LogP contribution in [-0.2, 0) is 0 Å². The molecule has 0 unspecified atom stereocenters. The number of hydrogen-bond acceptors (Lipinski definition) is 6. The Labute approximate surface area is 123 Å². The normalized spacial score (nSPS) is 11.2. The van der Waals surface area contributed by atoms with Crippen LogP contribution in [0.15, 0.2) is 46.1 Å². The number of aromatic amines is 1. The topological polar surface area (TPSA) is 99.6 Å². The third kappa shape index (κ3) is 2.56. The third-order valence-corrected chi connectivity index (χ3v) is 2.98. The molecule has 3 aromatic rings. The summed E-state index contributed by atoms with van der Waals surface area (Å²) in [5, 5.41) is 29.6. The number of H-pyrrole nitrogens is 1. The van der Waals surface area contributed by atoms with Crippen molar-refractivity contribution in [2.45, 2.75) is 0 Å². The van der Waals surface area contributed by atoms with E-state index in [1.54, 1.807) is 18.2 Å². The fourth-order valence-electron chi connectivity index (χ4n) is 1.71. The Balaban J connectivity index is 1.98. The first-order chi connectivity index (χ1) is 10.1. The van der Waals surface area contributed by atoms with Crippen LogP contribution in [-0.4, -0.2) is 31.3 Å². The predicted molar refractivity (Wildman–Crippen MR) is 77.9 cm³/mol. The van der Waals surface area contributed by atoms with Gasteiger partial charge in [-0.3, -0.25) is 0 Å². The summed E-state index contributed by atoms with van der Waals surface area (Å²) in [7, 11) is 0. The summed E-state index contributed by atoms with van der Waals surface area (Å²) in [6.07, 6.45) is 3.01. The minimum atomic E-state index is -0.221. The van der Waals surface area contributed by atoms with Crippen LogP contribution in [0.1, 0.15) is 5.56 Å². The minimum Gasteiger partial charge on any atom is -0.504 e. The molecule has 0 aliphatic heterocycles. The number of aromatic hydroxyl groups is 2. The third-order valence-electron chi connectivity index (χ3n) is 2.71. The highest BCUT2D eigenvalue weighted by Crippen LogP contribution is 2.24. The zero-order chi connectivity index (χ0) is 14.8. The molecule has 0 saturated carbocycles. The molecule has 106 valence electrons. The number of nitrogens with zero attached hydrogens (tertiary/aromatic N) is 3. The fraction of sp³-hybridized carbons (Fsp3) is 0. The van der Waals surface area contributed by atoms with E-state index in [-0.39, 0.29) is 11.5 Å². The number of phenols is 2. The van der Waals surface area contributed by atoms with E-state index in [0.29, 0.717) is 21.9 Å². The summed E-state index contributed by atoms with van der Waals surface area (Å²) in [6.45, 7) is 0. The van der Waals surface area contributed by atoms with E-state index >= 15 is 0 Å². The van der Waals surface area contributed by atoms with Gasteiger partial charge in [0.15, 0.2) is 17.3 Å². The average Bonchev–Trinajstić information content (AvgIpc) is 3.10. The van der Waals surface area contributed by atoms with Crippen LogP contribution >= 0.6 is 12.2 Å². The monoisotopic (exact) mass is 302 g/mol. The van der Waals surface area contributed by atoms with Gasteiger partial charge in [0.25, 0.3) is 0 Å². The van der Waals surface area contributed by atoms with E-state index in [0.717, 1.165) is 0 Å². The average molecular weight is 302 g/mol. The quantitative estimate of drug-likeness (QED) is 0.392. The van der Waals surface area contributed by atoms with Gasteiger partial charge in [0, 0.05) is 0 Å². The Kier molecular flexibility index (Phi) is 3.28. The maximum atomic E-state index is 9.44. The van der Waals surface area contributed by atoms with Crippen LogP contribution in [0.2, 0.25) is 0 Å². The molecule has 0 bridgehead atoms. The molecule has 0 saturated heterocycles. The first-order valence-corrected chi connectivity index (χ1v) is 6.33. The van der Waals surface area contributed by atoms with Gasteiger partial charge in [0.2, 0.25) is 10.6 Å². The van der Waals surface area contributed by atoms with Gasteiger partial charge < -0.3 is 14.6 Å². The van der Waals surface area contributed by atoms with Crippen molar-refractivity contribution in [2.75, 3.05) is 0 Å². The minimum absolute atomic E-state index is 0.191. The lowest BCUT2D eigenvalue weighted by Crippen LogP contribution is -1.94. The van der Waals surface area contributed by atoms with Gasteiger partial charge in [-0.15, -0.1) is 5.10 Å². The second kappa shape index (κ2) is 5.25. The van der Waals surface area contributed by atoms with Crippen LogP contribution < -0.4 is 0 Å². The Morgan fingerprint density at radius 1 is 1.29 bits per heavy atom. The summed E-state index contributed by atoms with van der Waals surface area (Å²) in [4.78, 5) is 0. The first-order valence-electron chi connectivity index (χ1n) is 5.93. The van der Waals surface area contributed by atoms with Crippen LogP contribution in [0.3, 0.4) is 0 Å². The number of nitrogens with one attached hydrogen (secondary N) is 1. The number of phenolic OH excluding ortho intramolecular Hbond substituents is 2. The summed E-state index contributed by atoms with van der Waals surface area (Å²) in [6, 6.07) is 7.84. The molecule has 0 aliphatic carbocycles. The highest BCUT2D eigenvalue weighted by molar-refractivity contribution is 7.71. The molecule has 0 radical (unpaired) electrons. The molecule has 0 aliphatic rings. The van der Waals surface area contributed by atoms with E-state index < -0.39 is 0 Å². The SMILES string of the molecule is Oc1ccc(/C=N\n2c(-c3ccco3)n[nH]c2=S)cc1O. The number of furan rings is 1. The molecular weight excluding hydrogens is 292 g/mol. The lowest BCUT2D eigenvalue weighted by molar-refractivity contribution is 0.403. The lowest BCUT2D eigenvalue weighted by Gasteiger charge is -1.99. The zero-order valence-corrected chi connectivity index (χ0v) is 11.4. The molecule has 0 atom stereocenters. The van der Waals surface area contributed by atoms with Gasteiger partial charge >= 0.3 is 0 Å². The van der Waals surface area contributed by atoms with Gasteiger partial charge in [0.05, 0.1) is 12.5 Å². The van der Waals surface area contributed by atoms with Crippen LogP contribution in [0.4, 0.5) is 0 Å². The van der Waals surface area contributed by atoms with Gasteiger partial charge in [-0.2, -0.15) is 9.78 Å². The maximum Gasteiger partial charge on any atom is 0.219 e. The van der Waals surface area contributed by atoms with Crippen molar-refractivity contribution in [3.8, 4) is 23.1 Å². The summed E-state index contributed by atoms with van der Waals surface area (Å²) >= 11 is 5.11. The molecule has 3 N–H and O–H groups in total. The molecule has 21 heavy (non-hydrogen) atoms. The molecule has 0 fully saturated rings. The van der Waals surface area contributed by atoms with Gasteiger partial charge in [-0.1, -0.05) is 0 Å². The van der Waals surface area contributed by atoms with E-state index in [2.05, 4.69) is 15.3 Å². The smallest absolute Gasteiger partial charge is 0.219 e. The number of rotatable bonds is 3. The Morgan fingerprint density at radius 3 is 2.86 bits per heavy atom. The Morgan fingerprint density at radius 2 is 2.14 bits per heavy atom. The van der Waals surface area contributed by atoms with Gasteiger partial charge in [-0.05, 0) is 48.1 Å². The molecule has 0 amide bonds. The second-order valence-electron chi connectivity index (χ2n) is 4.13. The van der Waals surface area contributed by atoms with Crippen molar-refractivity contribution in [2.24, 2.45) is 5.10 Å². The second-order valence-corrected chi connectivity index (χ2v) is 4.52. The summed E-state index contributed by atoms with van der Waals surface area (Å²) in [5.41, 5.74) is 0.596. The number of hydrogen-bond donors (Lipinski definition) is 3. The molecule has 2 heterocycles. The van der Waals surface area contributed by atoms with E-state index in [1.807, 2.05) is 0 Å². The van der Waals surface area contributed by atoms with E-state index in [9.17, 15) is 10.2 Å². The molecule has 7 nitrogen and oxygen atoms in total. The largest absolute Gasteiger partial charge is 0.504 e. The molecule has 0 spiro atoms. The maximum absolute atomic E-state index is 9.44. The first kappa shape index (κ1) is 13.1. The zero-order valence-electron chi connectivity index (χ0n) is 10.6. The van der Waals surface area contributed by atoms with Gasteiger partial charge in [0.1, 0.15) is 0 Å². The fourth-order valence-corrected chi connectivity index (χ4v) is 1.89. The van der Waals surface area contributed by atoms with Gasteiger partial charge in [-0.25, -0.2) is 5.10 Å². The highest BCUT2D eigenvalue weighted by Gasteiger charge is 2.10. The van der Waals surface area contributed by atoms with Crippen molar-refractivity contribution in [3.05, 3.63) is 46.9 Å². The molecule has 2 aromatic heterocycles. The Hall–Kier alpha value is -2.87. The van der Waals surface area contributed by atoms with E-state index in [4.69, 9.17) is 16.6 Å². The number of aromatic nitrogens is 3. The highest BCUT2D eigenvalue weighted by atomic mass is 32.1. The standard InChI is InChI=1S/C13H10N4O3S/c18-9-4-3-8(6-10(9)19)7-14-17-12(15-16-13(17)21)11-2-1-5-20-11/h1-7,18-19H,(H,16,21)/b14-7-. The van der Waals surface area contributed by atoms with Crippen molar-refractivity contribution < 1.29 is 14.6 Å². The van der Waals surface area contributed by atoms with Crippen LogP contribution in [0, 0.1) is 4.77 Å². The van der Waals surface area contributed by atoms with E-state index in [1.165, 1.54) is 29.3 Å². The summed E-state index contributed by atoms with van der Waals surface area (Å²) < 4.78 is 6.97. The molecular formula is C13H10N4O3S. The number of benzene rings is 1. The molecule has 1 aromatic carbocycles. The predicted octanol–water partition coefficient (Wildman–Crippen LogP) is 2.49. The van der Waals surface area contributed by atoms with Crippen molar-refractivity contribution in [1.82, 2.24) is 14.9 Å².